The number of rotatable bonds is 5. The first-order valence-electron chi connectivity index (χ1n) is 6.73. The van der Waals surface area contributed by atoms with Crippen molar-refractivity contribution in [1.82, 2.24) is 14.4 Å². The van der Waals surface area contributed by atoms with E-state index < -0.39 is 5.97 Å². The lowest BCUT2D eigenvalue weighted by atomic mass is 10.1. The molecule has 0 radical (unpaired) electrons. The van der Waals surface area contributed by atoms with Gasteiger partial charge in [-0.15, -0.1) is 11.3 Å². The van der Waals surface area contributed by atoms with Crippen LogP contribution >= 0.6 is 11.3 Å². The second-order valence-electron chi connectivity index (χ2n) is 4.86. The van der Waals surface area contributed by atoms with E-state index in [1.54, 1.807) is 17.8 Å². The predicted molar refractivity (Wildman–Crippen MR) is 82.3 cm³/mol. The Labute approximate surface area is 129 Å². The van der Waals surface area contributed by atoms with Gasteiger partial charge in [-0.05, 0) is 24.5 Å². The molecule has 3 aromatic rings. The number of nitrogens with zero attached hydrogens (tertiary/aromatic N) is 3. The van der Waals surface area contributed by atoms with Gasteiger partial charge < -0.3 is 5.11 Å². The number of fused-ring (bicyclic) bond motifs is 1. The van der Waals surface area contributed by atoms with Crippen molar-refractivity contribution in [2.75, 3.05) is 0 Å². The highest BCUT2D eigenvalue weighted by atomic mass is 32.1. The minimum atomic E-state index is -0.966. The molecule has 0 saturated carbocycles. The number of carbonyl (C=O) groups is 1. The van der Waals surface area contributed by atoms with Crippen LogP contribution in [-0.2, 0) is 24.1 Å². The molecule has 0 bridgehead atoms. The minimum absolute atomic E-state index is 0.184. The zero-order valence-electron chi connectivity index (χ0n) is 11.6. The molecule has 0 saturated heterocycles. The third-order valence-electron chi connectivity index (χ3n) is 3.25. The molecule has 3 rings (SSSR count). The van der Waals surface area contributed by atoms with Gasteiger partial charge in [0.05, 0.1) is 6.42 Å². The SMILES string of the molecule is O=C(O)Cc1csc2nc(CCc3cccnc3)cc(=O)n12. The number of pyridine rings is 1. The van der Waals surface area contributed by atoms with E-state index in [9.17, 15) is 9.59 Å². The maximum Gasteiger partial charge on any atom is 0.309 e. The van der Waals surface area contributed by atoms with Crippen LogP contribution in [0.1, 0.15) is 17.0 Å². The number of hydrogen-bond donors (Lipinski definition) is 1. The molecule has 0 fully saturated rings. The fourth-order valence-electron chi connectivity index (χ4n) is 2.25. The molecule has 7 heteroatoms. The first kappa shape index (κ1) is 14.4. The van der Waals surface area contributed by atoms with E-state index in [-0.39, 0.29) is 12.0 Å². The van der Waals surface area contributed by atoms with E-state index in [0.29, 0.717) is 22.8 Å². The van der Waals surface area contributed by atoms with Crippen LogP contribution in [0.3, 0.4) is 0 Å². The highest BCUT2D eigenvalue weighted by Gasteiger charge is 2.11. The molecule has 0 aliphatic carbocycles. The van der Waals surface area contributed by atoms with Gasteiger partial charge in [0.15, 0.2) is 4.96 Å². The Bertz CT molecular complexity index is 871. The number of carboxylic acid groups (broad SMARTS) is 1. The fraction of sp³-hybridized carbons (Fsp3) is 0.200. The smallest absolute Gasteiger partial charge is 0.309 e. The number of aryl methyl sites for hydroxylation is 2. The summed E-state index contributed by atoms with van der Waals surface area (Å²) in [6.45, 7) is 0. The van der Waals surface area contributed by atoms with E-state index in [0.717, 1.165) is 12.0 Å². The lowest BCUT2D eigenvalue weighted by Gasteiger charge is -2.03. The van der Waals surface area contributed by atoms with Crippen LogP contribution in [0.25, 0.3) is 4.96 Å². The number of aromatic nitrogens is 3. The molecule has 0 aliphatic rings. The molecular formula is C15H13N3O3S. The maximum absolute atomic E-state index is 12.2. The standard InChI is InChI=1S/C15H13N3O3S/c19-13-6-11(4-3-10-2-1-5-16-8-10)17-15-18(13)12(9-22-15)7-14(20)21/h1-2,5-6,8-9H,3-4,7H2,(H,20,21). The Morgan fingerprint density at radius 3 is 2.95 bits per heavy atom. The number of thiazole rings is 1. The van der Waals surface area contributed by atoms with E-state index in [1.165, 1.54) is 21.8 Å². The Morgan fingerprint density at radius 1 is 1.36 bits per heavy atom. The molecule has 112 valence electrons. The van der Waals surface area contributed by atoms with Gasteiger partial charge in [0.1, 0.15) is 0 Å². The highest BCUT2D eigenvalue weighted by Crippen LogP contribution is 2.14. The summed E-state index contributed by atoms with van der Waals surface area (Å²) in [4.78, 5) is 32.0. The second-order valence-corrected chi connectivity index (χ2v) is 5.70. The third-order valence-corrected chi connectivity index (χ3v) is 4.13. The minimum Gasteiger partial charge on any atom is -0.481 e. The highest BCUT2D eigenvalue weighted by molar-refractivity contribution is 7.15. The molecule has 22 heavy (non-hydrogen) atoms. The maximum atomic E-state index is 12.2. The van der Waals surface area contributed by atoms with Crippen LogP contribution in [0.5, 0.6) is 0 Å². The van der Waals surface area contributed by atoms with Gasteiger partial charge in [-0.2, -0.15) is 0 Å². The second kappa shape index (κ2) is 6.07. The topological polar surface area (TPSA) is 84.6 Å². The fourth-order valence-corrected chi connectivity index (χ4v) is 3.16. The Morgan fingerprint density at radius 2 is 2.23 bits per heavy atom. The summed E-state index contributed by atoms with van der Waals surface area (Å²) in [5.74, 6) is -0.966. The van der Waals surface area contributed by atoms with Gasteiger partial charge in [-0.3, -0.25) is 19.0 Å². The first-order valence-corrected chi connectivity index (χ1v) is 7.61. The summed E-state index contributed by atoms with van der Waals surface area (Å²) in [5.41, 5.74) is 2.02. The Balaban J connectivity index is 1.87. The molecule has 0 aliphatic heterocycles. The summed E-state index contributed by atoms with van der Waals surface area (Å²) < 4.78 is 1.37. The average molecular weight is 315 g/mol. The predicted octanol–water partition coefficient (Wildman–Crippen LogP) is 1.56. The van der Waals surface area contributed by atoms with E-state index in [4.69, 9.17) is 5.11 Å². The Kier molecular flexibility index (Phi) is 3.97. The van der Waals surface area contributed by atoms with Gasteiger partial charge in [-0.1, -0.05) is 6.07 Å². The lowest BCUT2D eigenvalue weighted by molar-refractivity contribution is -0.136. The van der Waals surface area contributed by atoms with E-state index >= 15 is 0 Å². The van der Waals surface area contributed by atoms with Crippen LogP contribution in [-0.4, -0.2) is 25.4 Å². The van der Waals surface area contributed by atoms with Crippen molar-refractivity contribution in [3.05, 3.63) is 63.3 Å². The van der Waals surface area contributed by atoms with Gasteiger partial charge in [-0.25, -0.2) is 4.98 Å². The Hall–Kier alpha value is -2.54. The third kappa shape index (κ3) is 3.04. The van der Waals surface area contributed by atoms with Crippen molar-refractivity contribution < 1.29 is 9.90 Å². The summed E-state index contributed by atoms with van der Waals surface area (Å²) >= 11 is 1.28. The summed E-state index contributed by atoms with van der Waals surface area (Å²) in [7, 11) is 0. The van der Waals surface area contributed by atoms with Crippen molar-refractivity contribution in [2.45, 2.75) is 19.3 Å². The van der Waals surface area contributed by atoms with Crippen molar-refractivity contribution in [1.29, 1.82) is 0 Å². The van der Waals surface area contributed by atoms with Crippen LogP contribution in [0.4, 0.5) is 0 Å². The lowest BCUT2D eigenvalue weighted by Crippen LogP contribution is -2.18. The van der Waals surface area contributed by atoms with Crippen molar-refractivity contribution >= 4 is 22.3 Å². The zero-order valence-corrected chi connectivity index (χ0v) is 12.4. The molecule has 1 N–H and O–H groups in total. The van der Waals surface area contributed by atoms with Crippen LogP contribution in [0, 0.1) is 0 Å². The number of hydrogen-bond acceptors (Lipinski definition) is 5. The molecule has 0 spiro atoms. The molecule has 0 amide bonds. The average Bonchev–Trinajstić information content (AvgIpc) is 2.89. The largest absolute Gasteiger partial charge is 0.481 e. The molecular weight excluding hydrogens is 302 g/mol. The number of aliphatic carboxylic acids is 1. The summed E-state index contributed by atoms with van der Waals surface area (Å²) in [5, 5.41) is 10.5. The van der Waals surface area contributed by atoms with Gasteiger partial charge in [0, 0.05) is 35.2 Å². The molecule has 0 aromatic carbocycles. The molecule has 3 heterocycles. The molecule has 6 nitrogen and oxygen atoms in total. The normalized spacial score (nSPS) is 10.9. The van der Waals surface area contributed by atoms with Crippen LogP contribution < -0.4 is 5.56 Å². The van der Waals surface area contributed by atoms with Gasteiger partial charge in [0.2, 0.25) is 0 Å². The molecule has 0 atom stereocenters. The zero-order chi connectivity index (χ0) is 15.5. The van der Waals surface area contributed by atoms with Crippen molar-refractivity contribution in [2.24, 2.45) is 0 Å². The van der Waals surface area contributed by atoms with Crippen LogP contribution in [0.15, 0.2) is 40.8 Å². The van der Waals surface area contributed by atoms with Gasteiger partial charge in [0.25, 0.3) is 5.56 Å². The van der Waals surface area contributed by atoms with Crippen molar-refractivity contribution in [3.8, 4) is 0 Å². The molecule has 0 unspecified atom stereocenters. The first-order chi connectivity index (χ1) is 10.6. The molecule has 3 aromatic heterocycles. The van der Waals surface area contributed by atoms with E-state index in [2.05, 4.69) is 9.97 Å². The monoisotopic (exact) mass is 315 g/mol. The quantitative estimate of drug-likeness (QED) is 0.772. The summed E-state index contributed by atoms with van der Waals surface area (Å²) in [6, 6.07) is 5.33. The number of carboxylic acids is 1. The van der Waals surface area contributed by atoms with E-state index in [1.807, 2.05) is 12.1 Å². The van der Waals surface area contributed by atoms with Gasteiger partial charge >= 0.3 is 5.97 Å². The van der Waals surface area contributed by atoms with Crippen molar-refractivity contribution in [3.63, 3.8) is 0 Å². The van der Waals surface area contributed by atoms with Crippen LogP contribution in [0.2, 0.25) is 0 Å². The summed E-state index contributed by atoms with van der Waals surface area (Å²) in [6.07, 6.45) is 4.72.